The lowest BCUT2D eigenvalue weighted by molar-refractivity contribution is 0.369. The Labute approximate surface area is 56.0 Å². The highest BCUT2D eigenvalue weighted by Crippen LogP contribution is 2.55. The first-order valence-electron chi connectivity index (χ1n) is 3.46. The van der Waals surface area contributed by atoms with Gasteiger partial charge in [-0.3, -0.25) is 0 Å². The van der Waals surface area contributed by atoms with Gasteiger partial charge in [0.15, 0.2) is 0 Å². The van der Waals surface area contributed by atoms with Crippen LogP contribution in [0.1, 0.15) is 12.8 Å². The number of piperidine rings is 1. The van der Waals surface area contributed by atoms with E-state index in [1.165, 1.54) is 19.4 Å². The van der Waals surface area contributed by atoms with Gasteiger partial charge in [-0.2, -0.15) is 0 Å². The van der Waals surface area contributed by atoms with Crippen LogP contribution in [0, 0.1) is 17.8 Å². The maximum Gasteiger partial charge on any atom is 0.0495 e. The standard InChI is InChI=1S/C8H11N/c1-3-8-4-5-9(2)7(8)6-8/h1,7H,4-6H2,2H3. The van der Waals surface area contributed by atoms with Gasteiger partial charge in [-0.1, -0.05) is 5.92 Å². The van der Waals surface area contributed by atoms with E-state index in [0.717, 1.165) is 6.04 Å². The maximum absolute atomic E-state index is 5.40. The van der Waals surface area contributed by atoms with Crippen molar-refractivity contribution >= 4 is 0 Å². The maximum atomic E-state index is 5.40. The minimum Gasteiger partial charge on any atom is -0.302 e. The van der Waals surface area contributed by atoms with Crippen molar-refractivity contribution in [1.29, 1.82) is 0 Å². The van der Waals surface area contributed by atoms with Gasteiger partial charge in [0.2, 0.25) is 0 Å². The van der Waals surface area contributed by atoms with Crippen LogP contribution >= 0.6 is 0 Å². The summed E-state index contributed by atoms with van der Waals surface area (Å²) in [4.78, 5) is 2.37. The molecule has 48 valence electrons. The Hall–Kier alpha value is -0.480. The molecule has 0 spiro atoms. The van der Waals surface area contributed by atoms with Crippen molar-refractivity contribution in [2.45, 2.75) is 18.9 Å². The topological polar surface area (TPSA) is 3.24 Å². The summed E-state index contributed by atoms with van der Waals surface area (Å²) in [7, 11) is 2.16. The Kier molecular flexibility index (Phi) is 0.784. The molecular formula is C8H11N. The number of terminal acetylenes is 1. The molecule has 2 rings (SSSR count). The Bertz CT molecular complexity index is 179. The van der Waals surface area contributed by atoms with Crippen molar-refractivity contribution in [1.82, 2.24) is 4.90 Å². The second-order valence-electron chi connectivity index (χ2n) is 3.25. The summed E-state index contributed by atoms with van der Waals surface area (Å²) in [5, 5.41) is 0. The smallest absolute Gasteiger partial charge is 0.0495 e. The van der Waals surface area contributed by atoms with Crippen molar-refractivity contribution < 1.29 is 0 Å². The highest BCUT2D eigenvalue weighted by molar-refractivity contribution is 5.27. The summed E-state index contributed by atoms with van der Waals surface area (Å²) in [6.45, 7) is 1.20. The molecule has 0 aromatic rings. The van der Waals surface area contributed by atoms with Crippen LogP contribution in [0.15, 0.2) is 0 Å². The third-order valence-electron chi connectivity index (χ3n) is 2.77. The lowest BCUT2D eigenvalue weighted by Gasteiger charge is -2.06. The molecule has 2 fully saturated rings. The Morgan fingerprint density at radius 1 is 1.78 bits per heavy atom. The Morgan fingerprint density at radius 3 is 2.78 bits per heavy atom. The van der Waals surface area contributed by atoms with Crippen molar-refractivity contribution in [3.8, 4) is 12.3 Å². The normalized spacial score (nSPS) is 48.2. The van der Waals surface area contributed by atoms with E-state index in [1.807, 2.05) is 0 Å². The minimum absolute atomic E-state index is 0.328. The molecule has 2 unspecified atom stereocenters. The van der Waals surface area contributed by atoms with Crippen LogP contribution in [-0.4, -0.2) is 24.5 Å². The molecule has 1 aliphatic heterocycles. The van der Waals surface area contributed by atoms with Gasteiger partial charge < -0.3 is 4.90 Å². The van der Waals surface area contributed by atoms with Gasteiger partial charge in [-0.05, 0) is 26.4 Å². The molecule has 0 radical (unpaired) electrons. The molecule has 1 heterocycles. The fourth-order valence-corrected chi connectivity index (χ4v) is 1.89. The molecule has 0 N–H and O–H groups in total. The van der Waals surface area contributed by atoms with Gasteiger partial charge in [-0.25, -0.2) is 0 Å². The van der Waals surface area contributed by atoms with E-state index in [1.54, 1.807) is 0 Å². The molecule has 1 saturated carbocycles. The summed E-state index contributed by atoms with van der Waals surface area (Å²) in [6, 6.07) is 0.738. The first kappa shape index (κ1) is 5.32. The number of hydrogen-bond donors (Lipinski definition) is 0. The highest BCUT2D eigenvalue weighted by atomic mass is 15.2. The molecule has 9 heavy (non-hydrogen) atoms. The summed E-state index contributed by atoms with van der Waals surface area (Å²) < 4.78 is 0. The summed E-state index contributed by atoms with van der Waals surface area (Å²) in [5.41, 5.74) is 0.328. The van der Waals surface area contributed by atoms with Crippen LogP contribution in [0.4, 0.5) is 0 Å². The van der Waals surface area contributed by atoms with Gasteiger partial charge in [0, 0.05) is 11.5 Å². The number of fused-ring (bicyclic) bond motifs is 1. The third-order valence-corrected chi connectivity index (χ3v) is 2.77. The van der Waals surface area contributed by atoms with E-state index in [-0.39, 0.29) is 0 Å². The molecule has 1 heteroatoms. The zero-order chi connectivity index (χ0) is 6.48. The number of rotatable bonds is 0. The molecule has 1 saturated heterocycles. The van der Waals surface area contributed by atoms with Crippen LogP contribution in [0.2, 0.25) is 0 Å². The fourth-order valence-electron chi connectivity index (χ4n) is 1.89. The lowest BCUT2D eigenvalue weighted by Crippen LogP contribution is -2.16. The van der Waals surface area contributed by atoms with E-state index < -0.39 is 0 Å². The summed E-state index contributed by atoms with van der Waals surface area (Å²) >= 11 is 0. The number of nitrogens with zero attached hydrogens (tertiary/aromatic N) is 1. The van der Waals surface area contributed by atoms with E-state index in [0.29, 0.717) is 5.41 Å². The second kappa shape index (κ2) is 1.33. The third kappa shape index (κ3) is 0.495. The van der Waals surface area contributed by atoms with Crippen LogP contribution in [-0.2, 0) is 0 Å². The minimum atomic E-state index is 0.328. The molecule has 0 amide bonds. The SMILES string of the molecule is C#CC12CCN(C)C1C2. The van der Waals surface area contributed by atoms with Crippen LogP contribution in [0.5, 0.6) is 0 Å². The van der Waals surface area contributed by atoms with Crippen molar-refractivity contribution in [2.24, 2.45) is 5.41 Å². The fraction of sp³-hybridized carbons (Fsp3) is 0.750. The molecule has 1 nitrogen and oxygen atoms in total. The molecule has 2 aliphatic rings. The van der Waals surface area contributed by atoms with Gasteiger partial charge in [0.1, 0.15) is 0 Å². The molecule has 0 aromatic heterocycles. The molecule has 1 aliphatic carbocycles. The van der Waals surface area contributed by atoms with Crippen LogP contribution in [0.3, 0.4) is 0 Å². The van der Waals surface area contributed by atoms with Gasteiger partial charge >= 0.3 is 0 Å². The lowest BCUT2D eigenvalue weighted by atomic mass is 10.1. The average Bonchev–Trinajstić information content (AvgIpc) is 2.53. The molecule has 0 bridgehead atoms. The molecular weight excluding hydrogens is 110 g/mol. The molecule has 0 aromatic carbocycles. The first-order chi connectivity index (χ1) is 4.28. The zero-order valence-electron chi connectivity index (χ0n) is 5.72. The van der Waals surface area contributed by atoms with Crippen LogP contribution < -0.4 is 0 Å². The average molecular weight is 121 g/mol. The number of hydrogen-bond acceptors (Lipinski definition) is 1. The number of likely N-dealkylation sites (tertiary alicyclic amines) is 1. The van der Waals surface area contributed by atoms with Gasteiger partial charge in [0.05, 0.1) is 0 Å². The van der Waals surface area contributed by atoms with E-state index in [4.69, 9.17) is 6.42 Å². The quantitative estimate of drug-likeness (QED) is 0.427. The van der Waals surface area contributed by atoms with E-state index in [9.17, 15) is 0 Å². The largest absolute Gasteiger partial charge is 0.302 e. The van der Waals surface area contributed by atoms with Crippen molar-refractivity contribution in [3.05, 3.63) is 0 Å². The predicted molar refractivity (Wildman–Crippen MR) is 36.9 cm³/mol. The van der Waals surface area contributed by atoms with E-state index >= 15 is 0 Å². The second-order valence-corrected chi connectivity index (χ2v) is 3.25. The Balaban J connectivity index is 2.19. The van der Waals surface area contributed by atoms with Gasteiger partial charge in [0.25, 0.3) is 0 Å². The summed E-state index contributed by atoms with van der Waals surface area (Å²) in [6.07, 6.45) is 7.87. The highest BCUT2D eigenvalue weighted by Gasteiger charge is 2.58. The summed E-state index contributed by atoms with van der Waals surface area (Å²) in [5.74, 6) is 2.90. The molecule has 2 atom stereocenters. The predicted octanol–water partition coefficient (Wildman–Crippen LogP) is 0.714. The van der Waals surface area contributed by atoms with Gasteiger partial charge in [-0.15, -0.1) is 6.42 Å². The van der Waals surface area contributed by atoms with Crippen LogP contribution in [0.25, 0.3) is 0 Å². The first-order valence-corrected chi connectivity index (χ1v) is 3.46. The Morgan fingerprint density at radius 2 is 2.56 bits per heavy atom. The monoisotopic (exact) mass is 121 g/mol. The zero-order valence-corrected chi connectivity index (χ0v) is 5.72. The van der Waals surface area contributed by atoms with Crippen molar-refractivity contribution in [2.75, 3.05) is 13.6 Å². The van der Waals surface area contributed by atoms with E-state index in [2.05, 4.69) is 17.9 Å². The van der Waals surface area contributed by atoms with Crippen molar-refractivity contribution in [3.63, 3.8) is 0 Å².